The number of anilines is 1. The van der Waals surface area contributed by atoms with Crippen molar-refractivity contribution in [3.8, 4) is 0 Å². The van der Waals surface area contributed by atoms with E-state index in [9.17, 15) is 14.5 Å². The number of halogens is 1. The molecule has 1 saturated heterocycles. The monoisotopic (exact) mass is 361 g/mol. The number of aliphatic imine (C=N–C) groups is 1. The maximum atomic E-state index is 13.0. The second-order valence-electron chi connectivity index (χ2n) is 5.91. The van der Waals surface area contributed by atoms with Crippen molar-refractivity contribution in [2.24, 2.45) is 10.7 Å². The quantitative estimate of drug-likeness (QED) is 0.370. The predicted octanol–water partition coefficient (Wildman–Crippen LogP) is 1.07. The second kappa shape index (κ2) is 7.81. The molecule has 1 aromatic carbocycles. The molecule has 10 heteroatoms. The van der Waals surface area contributed by atoms with Crippen LogP contribution in [0.15, 0.2) is 41.7 Å². The van der Waals surface area contributed by atoms with Crippen molar-refractivity contribution < 1.29 is 9.31 Å². The molecule has 3 rings (SSSR count). The molecule has 0 amide bonds. The number of aromatic nitrogens is 2. The third-order valence-corrected chi connectivity index (χ3v) is 4.23. The third kappa shape index (κ3) is 4.26. The Morgan fingerprint density at radius 1 is 1.27 bits per heavy atom. The van der Waals surface area contributed by atoms with Crippen LogP contribution in [0, 0.1) is 15.9 Å². The molecule has 1 fully saturated rings. The summed E-state index contributed by atoms with van der Waals surface area (Å²) in [6.07, 6.45) is 2.58. The highest BCUT2D eigenvalue weighted by molar-refractivity contribution is 5.78. The molecule has 1 aromatic heterocycles. The van der Waals surface area contributed by atoms with Crippen LogP contribution in [0.25, 0.3) is 0 Å². The molecule has 0 aliphatic carbocycles. The van der Waals surface area contributed by atoms with Gasteiger partial charge in [-0.2, -0.15) is 5.10 Å². The van der Waals surface area contributed by atoms with Gasteiger partial charge in [0.25, 0.3) is 0 Å². The molecule has 0 spiro atoms. The van der Waals surface area contributed by atoms with Crippen LogP contribution in [0.5, 0.6) is 0 Å². The molecule has 9 nitrogen and oxygen atoms in total. The molecular formula is C16H20FN7O2. The van der Waals surface area contributed by atoms with Crippen LogP contribution >= 0.6 is 0 Å². The summed E-state index contributed by atoms with van der Waals surface area (Å²) in [6.45, 7) is 3.80. The highest BCUT2D eigenvalue weighted by Gasteiger charge is 2.18. The lowest BCUT2D eigenvalue weighted by Crippen LogP contribution is -2.51. The molecule has 2 aromatic rings. The van der Waals surface area contributed by atoms with Gasteiger partial charge in [0.05, 0.1) is 18.0 Å². The lowest BCUT2D eigenvalue weighted by atomic mass is 10.2. The first kappa shape index (κ1) is 17.6. The molecule has 26 heavy (non-hydrogen) atoms. The Kier molecular flexibility index (Phi) is 5.30. The van der Waals surface area contributed by atoms with Crippen LogP contribution in [-0.2, 0) is 6.54 Å². The van der Waals surface area contributed by atoms with E-state index in [2.05, 4.69) is 15.0 Å². The van der Waals surface area contributed by atoms with Crippen LogP contribution in [-0.4, -0.2) is 58.3 Å². The van der Waals surface area contributed by atoms with Crippen LogP contribution in [0.2, 0.25) is 0 Å². The molecule has 0 saturated carbocycles. The minimum Gasteiger partial charge on any atom is -0.370 e. The lowest BCUT2D eigenvalue weighted by Gasteiger charge is -2.36. The summed E-state index contributed by atoms with van der Waals surface area (Å²) >= 11 is 0. The molecule has 2 heterocycles. The van der Waals surface area contributed by atoms with Crippen molar-refractivity contribution in [3.05, 3.63) is 52.6 Å². The van der Waals surface area contributed by atoms with Crippen LogP contribution in [0.1, 0.15) is 0 Å². The topological polar surface area (TPSA) is 106 Å². The first-order valence-electron chi connectivity index (χ1n) is 8.25. The summed E-state index contributed by atoms with van der Waals surface area (Å²) in [7, 11) is 0. The van der Waals surface area contributed by atoms with Crippen molar-refractivity contribution >= 4 is 17.3 Å². The summed E-state index contributed by atoms with van der Waals surface area (Å²) in [6, 6.07) is 6.45. The van der Waals surface area contributed by atoms with Gasteiger partial charge in [0.1, 0.15) is 18.2 Å². The molecule has 0 bridgehead atoms. The van der Waals surface area contributed by atoms with Crippen molar-refractivity contribution in [1.82, 2.24) is 14.7 Å². The Labute approximate surface area is 149 Å². The first-order valence-corrected chi connectivity index (χ1v) is 8.25. The predicted molar refractivity (Wildman–Crippen MR) is 95.6 cm³/mol. The number of nitrogens with two attached hydrogens (primary N) is 1. The van der Waals surface area contributed by atoms with E-state index in [1.807, 2.05) is 4.90 Å². The summed E-state index contributed by atoms with van der Waals surface area (Å²) < 4.78 is 14.5. The maximum absolute atomic E-state index is 13.0. The summed E-state index contributed by atoms with van der Waals surface area (Å²) in [4.78, 5) is 18.6. The molecular weight excluding hydrogens is 341 g/mol. The van der Waals surface area contributed by atoms with Gasteiger partial charge in [-0.25, -0.2) is 4.39 Å². The second-order valence-corrected chi connectivity index (χ2v) is 5.91. The smallest absolute Gasteiger partial charge is 0.306 e. The molecule has 0 radical (unpaired) electrons. The van der Waals surface area contributed by atoms with Crippen LogP contribution < -0.4 is 10.6 Å². The molecule has 0 atom stereocenters. The number of hydrogen-bond acceptors (Lipinski definition) is 5. The van der Waals surface area contributed by atoms with Crippen molar-refractivity contribution in [2.75, 3.05) is 37.6 Å². The molecule has 2 N–H and O–H groups in total. The number of hydrogen-bond donors (Lipinski definition) is 1. The van der Waals surface area contributed by atoms with E-state index in [0.29, 0.717) is 19.0 Å². The van der Waals surface area contributed by atoms with E-state index in [1.165, 1.54) is 29.2 Å². The third-order valence-electron chi connectivity index (χ3n) is 4.23. The van der Waals surface area contributed by atoms with Crippen LogP contribution in [0.3, 0.4) is 0 Å². The molecule has 1 aliphatic heterocycles. The SMILES string of the molecule is NC(=NCCn1cc([N+](=O)[O-])cn1)N1CCN(c2ccc(F)cc2)CC1. The Balaban J connectivity index is 1.48. The number of piperazine rings is 1. The van der Waals surface area contributed by atoms with Gasteiger partial charge in [-0.05, 0) is 24.3 Å². The standard InChI is InChI=1S/C16H20FN7O2/c17-13-1-3-14(4-2-13)21-7-9-22(10-8-21)16(18)19-5-6-23-12-15(11-20-23)24(25)26/h1-4,11-12H,5-10H2,(H2,18,19). The average molecular weight is 361 g/mol. The number of nitrogens with zero attached hydrogens (tertiary/aromatic N) is 6. The fourth-order valence-corrected chi connectivity index (χ4v) is 2.78. The first-order chi connectivity index (χ1) is 12.5. The fraction of sp³-hybridized carbons (Fsp3) is 0.375. The lowest BCUT2D eigenvalue weighted by molar-refractivity contribution is -0.385. The van der Waals surface area contributed by atoms with Gasteiger partial charge in [0, 0.05) is 31.9 Å². The van der Waals surface area contributed by atoms with Crippen molar-refractivity contribution in [2.45, 2.75) is 6.54 Å². The molecule has 138 valence electrons. The Hall–Kier alpha value is -3.17. The number of rotatable bonds is 5. The van der Waals surface area contributed by atoms with E-state index in [-0.39, 0.29) is 11.5 Å². The average Bonchev–Trinajstić information content (AvgIpc) is 3.12. The normalized spacial score (nSPS) is 15.3. The van der Waals surface area contributed by atoms with E-state index >= 15 is 0 Å². The molecule has 0 unspecified atom stereocenters. The number of nitro groups is 1. The molecule has 1 aliphatic rings. The fourth-order valence-electron chi connectivity index (χ4n) is 2.78. The van der Waals surface area contributed by atoms with Gasteiger partial charge in [-0.3, -0.25) is 19.8 Å². The highest BCUT2D eigenvalue weighted by atomic mass is 19.1. The zero-order chi connectivity index (χ0) is 18.5. The summed E-state index contributed by atoms with van der Waals surface area (Å²) in [5.41, 5.74) is 6.99. The van der Waals surface area contributed by atoms with E-state index in [4.69, 9.17) is 5.73 Å². The minimum absolute atomic E-state index is 0.0427. The minimum atomic E-state index is -0.484. The Bertz CT molecular complexity index is 782. The zero-order valence-corrected chi connectivity index (χ0v) is 14.2. The van der Waals surface area contributed by atoms with Crippen LogP contribution in [0.4, 0.5) is 15.8 Å². The van der Waals surface area contributed by atoms with Gasteiger partial charge < -0.3 is 15.5 Å². The zero-order valence-electron chi connectivity index (χ0n) is 14.2. The van der Waals surface area contributed by atoms with E-state index in [1.54, 1.807) is 12.1 Å². The van der Waals surface area contributed by atoms with E-state index in [0.717, 1.165) is 31.9 Å². The van der Waals surface area contributed by atoms with Gasteiger partial charge in [0.15, 0.2) is 5.96 Å². The summed E-state index contributed by atoms with van der Waals surface area (Å²) in [5, 5.41) is 14.5. The van der Waals surface area contributed by atoms with Gasteiger partial charge in [-0.1, -0.05) is 0 Å². The number of guanidine groups is 1. The Morgan fingerprint density at radius 2 is 1.96 bits per heavy atom. The van der Waals surface area contributed by atoms with E-state index < -0.39 is 4.92 Å². The van der Waals surface area contributed by atoms with Gasteiger partial charge >= 0.3 is 5.69 Å². The van der Waals surface area contributed by atoms with Crippen molar-refractivity contribution in [3.63, 3.8) is 0 Å². The Morgan fingerprint density at radius 3 is 2.58 bits per heavy atom. The number of benzene rings is 1. The van der Waals surface area contributed by atoms with Crippen molar-refractivity contribution in [1.29, 1.82) is 0 Å². The largest absolute Gasteiger partial charge is 0.370 e. The highest BCUT2D eigenvalue weighted by Crippen LogP contribution is 2.16. The summed E-state index contributed by atoms with van der Waals surface area (Å²) in [5.74, 6) is 0.205. The van der Waals surface area contributed by atoms with Gasteiger partial charge in [-0.15, -0.1) is 0 Å². The maximum Gasteiger partial charge on any atom is 0.306 e. The van der Waals surface area contributed by atoms with Gasteiger partial charge in [0.2, 0.25) is 0 Å².